The van der Waals surface area contributed by atoms with Crippen molar-refractivity contribution in [3.63, 3.8) is 0 Å². The number of rotatable bonds is 17. The fraction of sp³-hybridized carbons (Fsp3) is 0.688. The maximum atomic E-state index is 14.6. The molecular weight excluding hydrogens is 755 g/mol. The highest BCUT2D eigenvalue weighted by Gasteiger charge is 2.57. The molecule has 0 spiro atoms. The minimum Gasteiger partial charge on any atom is -0.393 e. The van der Waals surface area contributed by atoms with Crippen LogP contribution in [-0.2, 0) is 21.0 Å². The summed E-state index contributed by atoms with van der Waals surface area (Å²) in [5.74, 6) is 0.516. The number of aliphatic hydroxyl groups is 1. The number of anilines is 1. The Labute approximate surface area is 361 Å². The van der Waals surface area contributed by atoms with Crippen LogP contribution in [0.4, 0.5) is 5.69 Å². The van der Waals surface area contributed by atoms with Crippen molar-refractivity contribution in [2.24, 2.45) is 34.5 Å². The summed E-state index contributed by atoms with van der Waals surface area (Å²) in [4.78, 5) is 54.2. The second kappa shape index (κ2) is 19.2. The SMILES string of the molecule is Cc1c(CN2O[C@@H](CNC(=O)CCN(C)C)[C@@H]([C@H](C)O)[C@H]2C(=O)N[C@H]2C[C@@H]3C[C@H]([C@@H]2C)C3(C)C)cccc1-c1cc(C(=O)N[C@H](CN(C)C)CC(C)(C)C)cc(N(C)C)c1. The Kier molecular flexibility index (Phi) is 15.2. The molecule has 0 unspecified atom stereocenters. The number of aliphatic hydroxyl groups excluding tert-OH is 1. The van der Waals surface area contributed by atoms with Crippen LogP contribution in [0.5, 0.6) is 0 Å². The molecule has 60 heavy (non-hydrogen) atoms. The molecule has 2 bridgehead atoms. The fourth-order valence-corrected chi connectivity index (χ4v) is 10.2. The second-order valence-corrected chi connectivity index (χ2v) is 20.9. The molecule has 9 atom stereocenters. The van der Waals surface area contributed by atoms with E-state index in [4.69, 9.17) is 4.84 Å². The summed E-state index contributed by atoms with van der Waals surface area (Å²) in [7, 11) is 11.9. The lowest BCUT2D eigenvalue weighted by atomic mass is 9.45. The summed E-state index contributed by atoms with van der Waals surface area (Å²) in [5.41, 5.74) is 5.66. The smallest absolute Gasteiger partial charge is 0.251 e. The number of likely N-dealkylation sites (N-methyl/N-ethyl adjacent to an activating group) is 1. The zero-order valence-electron chi connectivity index (χ0n) is 39.2. The minimum absolute atomic E-state index is 0.0193. The van der Waals surface area contributed by atoms with Crippen molar-refractivity contribution in [3.8, 4) is 11.1 Å². The van der Waals surface area contributed by atoms with E-state index in [2.05, 4.69) is 81.4 Å². The van der Waals surface area contributed by atoms with Crippen LogP contribution in [0.2, 0.25) is 0 Å². The van der Waals surface area contributed by atoms with E-state index >= 15 is 0 Å². The topological polar surface area (TPSA) is 130 Å². The third kappa shape index (κ3) is 11.3. The number of carbonyl (C=O) groups excluding carboxylic acids is 3. The lowest BCUT2D eigenvalue weighted by molar-refractivity contribution is -0.177. The lowest BCUT2D eigenvalue weighted by Gasteiger charge is -2.62. The molecule has 0 aromatic heterocycles. The van der Waals surface area contributed by atoms with E-state index in [0.29, 0.717) is 36.3 Å². The number of benzene rings is 2. The van der Waals surface area contributed by atoms with E-state index in [0.717, 1.165) is 47.3 Å². The molecule has 3 amide bonds. The molecule has 4 fully saturated rings. The van der Waals surface area contributed by atoms with Crippen molar-refractivity contribution in [1.29, 1.82) is 0 Å². The number of nitrogens with zero attached hydrogens (tertiary/aromatic N) is 4. The van der Waals surface area contributed by atoms with Crippen LogP contribution in [0.15, 0.2) is 36.4 Å². The molecule has 4 aliphatic rings. The molecule has 12 nitrogen and oxygen atoms in total. The first-order valence-electron chi connectivity index (χ1n) is 22.2. The van der Waals surface area contributed by atoms with Gasteiger partial charge in [-0.15, -0.1) is 0 Å². The summed E-state index contributed by atoms with van der Waals surface area (Å²) in [6.07, 6.45) is 1.83. The first-order valence-corrected chi connectivity index (χ1v) is 22.2. The highest BCUT2D eigenvalue weighted by Crippen LogP contribution is 2.61. The van der Waals surface area contributed by atoms with E-state index < -0.39 is 24.2 Å². The zero-order valence-corrected chi connectivity index (χ0v) is 39.2. The van der Waals surface area contributed by atoms with Gasteiger partial charge < -0.3 is 35.8 Å². The molecule has 3 aliphatic carbocycles. The lowest BCUT2D eigenvalue weighted by Crippen LogP contribution is -2.62. The van der Waals surface area contributed by atoms with Gasteiger partial charge >= 0.3 is 0 Å². The van der Waals surface area contributed by atoms with Crippen molar-refractivity contribution in [2.75, 3.05) is 66.8 Å². The number of carbonyl (C=O) groups is 3. The second-order valence-electron chi connectivity index (χ2n) is 20.9. The average molecular weight is 832 g/mol. The van der Waals surface area contributed by atoms with Crippen molar-refractivity contribution in [3.05, 3.63) is 53.1 Å². The Hall–Kier alpha value is -3.55. The summed E-state index contributed by atoms with van der Waals surface area (Å²) in [5, 5.41) is 22.9. The maximum Gasteiger partial charge on any atom is 0.251 e. The van der Waals surface area contributed by atoms with Crippen LogP contribution in [0, 0.1) is 41.4 Å². The van der Waals surface area contributed by atoms with E-state index in [1.165, 1.54) is 6.42 Å². The number of amides is 3. The molecule has 1 saturated heterocycles. The molecule has 0 radical (unpaired) electrons. The predicted molar refractivity (Wildman–Crippen MR) is 241 cm³/mol. The number of hydroxylamine groups is 2. The summed E-state index contributed by atoms with van der Waals surface area (Å²) >= 11 is 0. The molecule has 2 aromatic carbocycles. The summed E-state index contributed by atoms with van der Waals surface area (Å²) < 4.78 is 0. The Morgan fingerprint density at radius 1 is 1.02 bits per heavy atom. The molecule has 4 N–H and O–H groups in total. The van der Waals surface area contributed by atoms with Crippen LogP contribution in [0.3, 0.4) is 0 Å². The van der Waals surface area contributed by atoms with Gasteiger partial charge in [-0.2, -0.15) is 5.06 Å². The molecule has 6 rings (SSSR count). The summed E-state index contributed by atoms with van der Waals surface area (Å²) in [6.45, 7) is 19.1. The predicted octanol–water partition coefficient (Wildman–Crippen LogP) is 5.56. The zero-order chi connectivity index (χ0) is 44.4. The molecule has 3 saturated carbocycles. The molecule has 1 aliphatic heterocycles. The number of nitrogens with one attached hydrogen (secondary N) is 3. The Morgan fingerprint density at radius 3 is 2.30 bits per heavy atom. The van der Waals surface area contributed by atoms with E-state index in [1.54, 1.807) is 12.0 Å². The van der Waals surface area contributed by atoms with E-state index in [-0.39, 0.29) is 53.7 Å². The first-order chi connectivity index (χ1) is 28.0. The Morgan fingerprint density at radius 2 is 1.72 bits per heavy atom. The Bertz CT molecular complexity index is 1820. The molecular formula is C48H77N7O5. The molecule has 1 heterocycles. The van der Waals surface area contributed by atoms with Crippen molar-refractivity contribution < 1.29 is 24.3 Å². The van der Waals surface area contributed by atoms with Crippen molar-refractivity contribution >= 4 is 23.4 Å². The van der Waals surface area contributed by atoms with Gasteiger partial charge in [0.2, 0.25) is 11.8 Å². The summed E-state index contributed by atoms with van der Waals surface area (Å²) in [6, 6.07) is 11.4. The van der Waals surface area contributed by atoms with Gasteiger partial charge in [0.25, 0.3) is 5.91 Å². The van der Waals surface area contributed by atoms with Gasteiger partial charge in [-0.25, -0.2) is 0 Å². The normalized spacial score (nSPS) is 26.1. The first kappa shape index (κ1) is 47.5. The van der Waals surface area contributed by atoms with Gasteiger partial charge in [0.1, 0.15) is 12.1 Å². The van der Waals surface area contributed by atoms with Crippen LogP contribution in [0.25, 0.3) is 11.1 Å². The minimum atomic E-state index is -0.878. The molecule has 334 valence electrons. The average Bonchev–Trinajstić information content (AvgIpc) is 3.51. The van der Waals surface area contributed by atoms with Gasteiger partial charge in [-0.1, -0.05) is 59.7 Å². The van der Waals surface area contributed by atoms with Crippen LogP contribution >= 0.6 is 0 Å². The van der Waals surface area contributed by atoms with Gasteiger partial charge in [-0.05, 0) is 130 Å². The van der Waals surface area contributed by atoms with E-state index in [1.807, 2.05) is 76.4 Å². The van der Waals surface area contributed by atoms with Crippen LogP contribution in [0.1, 0.15) is 95.6 Å². The van der Waals surface area contributed by atoms with Gasteiger partial charge in [0.05, 0.1) is 12.6 Å². The largest absolute Gasteiger partial charge is 0.393 e. The van der Waals surface area contributed by atoms with Gasteiger partial charge in [0.15, 0.2) is 0 Å². The number of hydrogen-bond donors (Lipinski definition) is 4. The van der Waals surface area contributed by atoms with Crippen molar-refractivity contribution in [2.45, 2.75) is 118 Å². The number of hydrogen-bond acceptors (Lipinski definition) is 9. The third-order valence-electron chi connectivity index (χ3n) is 13.7. The molecule has 12 heteroatoms. The highest BCUT2D eigenvalue weighted by atomic mass is 16.7. The standard InChI is InChI=1S/C48H77N7O5/c1-29-32(16-15-17-38(29)33-20-34(22-37(21-33)54(13)14)45(58)50-36(28-53(11)12)25-47(4,5)6)27-55-44(46(59)51-40-24-35-23-39(30(40)2)48(35,7)8)43(31(3)56)41(60-55)26-49-42(57)18-19-52(9)10/h15-17,20-22,30-31,35-36,39-41,43-44,56H,18-19,23-28H2,1-14H3,(H,49,57)(H,50,58)(H,51,59)/t30-,31-,35-,36-,39+,40-,41-,43+,44-/m0/s1. The number of fused-ring (bicyclic) bond motifs is 2. The van der Waals surface area contributed by atoms with Crippen molar-refractivity contribution in [1.82, 2.24) is 30.8 Å². The van der Waals surface area contributed by atoms with E-state index in [9.17, 15) is 19.5 Å². The quantitative estimate of drug-likeness (QED) is 0.162. The maximum absolute atomic E-state index is 14.6. The van der Waals surface area contributed by atoms with Crippen LogP contribution in [-0.4, -0.2) is 130 Å². The van der Waals surface area contributed by atoms with Gasteiger partial charge in [-0.3, -0.25) is 19.2 Å². The fourth-order valence-electron chi connectivity index (χ4n) is 10.2. The highest BCUT2D eigenvalue weighted by molar-refractivity contribution is 5.97. The monoisotopic (exact) mass is 832 g/mol. The molecule has 2 aromatic rings. The third-order valence-corrected chi connectivity index (χ3v) is 13.7. The van der Waals surface area contributed by atoms with Gasteiger partial charge in [0, 0.05) is 69.4 Å². The van der Waals surface area contributed by atoms with Crippen LogP contribution < -0.4 is 20.9 Å². The Balaban J connectivity index is 1.45.